The van der Waals surface area contributed by atoms with E-state index in [-0.39, 0.29) is 0 Å². The summed E-state index contributed by atoms with van der Waals surface area (Å²) in [6, 6.07) is 0. The molecule has 0 radical (unpaired) electrons. The molecule has 0 aromatic heterocycles. The third-order valence-electron chi connectivity index (χ3n) is 4.07. The van der Waals surface area contributed by atoms with Crippen molar-refractivity contribution in [2.24, 2.45) is 0 Å². The molecule has 0 aromatic carbocycles. The lowest BCUT2D eigenvalue weighted by Gasteiger charge is -2.45. The summed E-state index contributed by atoms with van der Waals surface area (Å²) >= 11 is 0. The number of ether oxygens (including phenoxy) is 3. The lowest BCUT2D eigenvalue weighted by atomic mass is 9.96. The molecule has 9 atom stereocenters. The SMILES string of the molecule is OC[C@@]1(OC[C@H]2OC(O)[C@H](O)[C@@H](O)[C@@H]2O)OC[C@@H](O)[C@@H](O)[C@@H]1O. The highest BCUT2D eigenvalue weighted by molar-refractivity contribution is 4.94. The predicted molar refractivity (Wildman–Crippen MR) is 68.6 cm³/mol. The van der Waals surface area contributed by atoms with Crippen LogP contribution in [0.3, 0.4) is 0 Å². The molecule has 2 heterocycles. The van der Waals surface area contributed by atoms with E-state index in [1.165, 1.54) is 0 Å². The summed E-state index contributed by atoms with van der Waals surface area (Å²) in [5.74, 6) is -2.08. The summed E-state index contributed by atoms with van der Waals surface area (Å²) in [6.45, 7) is -1.85. The van der Waals surface area contributed by atoms with Gasteiger partial charge in [0.15, 0.2) is 6.29 Å². The topological polar surface area (TPSA) is 190 Å². The van der Waals surface area contributed by atoms with E-state index in [1.807, 2.05) is 0 Å². The van der Waals surface area contributed by atoms with Crippen LogP contribution in [0.25, 0.3) is 0 Å². The Kier molecular flexibility index (Phi) is 5.92. The first-order valence-electron chi connectivity index (χ1n) is 7.04. The second kappa shape index (κ2) is 7.21. The summed E-state index contributed by atoms with van der Waals surface area (Å²) in [5.41, 5.74) is 0. The summed E-state index contributed by atoms with van der Waals surface area (Å²) in [6.07, 6.45) is -12.9. The predicted octanol–water partition coefficient (Wildman–Crippen LogP) is -5.40. The lowest BCUT2D eigenvalue weighted by molar-refractivity contribution is -0.364. The van der Waals surface area contributed by atoms with E-state index in [0.717, 1.165) is 0 Å². The monoisotopic (exact) mass is 342 g/mol. The molecule has 2 saturated heterocycles. The van der Waals surface area contributed by atoms with Gasteiger partial charge in [-0.05, 0) is 0 Å². The highest BCUT2D eigenvalue weighted by Crippen LogP contribution is 2.29. The summed E-state index contributed by atoms with van der Waals surface area (Å²) in [4.78, 5) is 0. The van der Waals surface area contributed by atoms with Gasteiger partial charge in [0.1, 0.15) is 49.3 Å². The van der Waals surface area contributed by atoms with Gasteiger partial charge in [0.25, 0.3) is 0 Å². The van der Waals surface area contributed by atoms with Gasteiger partial charge in [-0.1, -0.05) is 0 Å². The fourth-order valence-electron chi connectivity index (χ4n) is 2.48. The standard InChI is InChI=1S/C12H22O11/c13-3-12(10(19)6(15)4(14)1-21-12)22-2-5-7(16)8(17)9(18)11(20)23-5/h4-11,13-20H,1-3H2/t4-,5-,6-,7-,8+,9-,10+,11?,12+/m1/s1. The molecule has 2 aliphatic rings. The Morgan fingerprint density at radius 3 is 2.17 bits per heavy atom. The van der Waals surface area contributed by atoms with E-state index < -0.39 is 74.6 Å². The molecular formula is C12H22O11. The first kappa shape index (κ1) is 18.9. The lowest BCUT2D eigenvalue weighted by Crippen LogP contribution is -2.65. The zero-order valence-electron chi connectivity index (χ0n) is 12.0. The van der Waals surface area contributed by atoms with E-state index in [0.29, 0.717) is 0 Å². The number of rotatable bonds is 4. The summed E-state index contributed by atoms with van der Waals surface area (Å²) < 4.78 is 15.2. The second-order valence-corrected chi connectivity index (χ2v) is 5.63. The minimum Gasteiger partial charge on any atom is -0.391 e. The van der Waals surface area contributed by atoms with Gasteiger partial charge in [0, 0.05) is 0 Å². The van der Waals surface area contributed by atoms with Crippen molar-refractivity contribution in [3.63, 3.8) is 0 Å². The smallest absolute Gasteiger partial charge is 0.221 e. The number of aliphatic hydroxyl groups excluding tert-OH is 8. The van der Waals surface area contributed by atoms with Crippen molar-refractivity contribution in [2.45, 2.75) is 54.8 Å². The molecule has 8 N–H and O–H groups in total. The van der Waals surface area contributed by atoms with Gasteiger partial charge in [-0.2, -0.15) is 0 Å². The van der Waals surface area contributed by atoms with Crippen LogP contribution in [0.5, 0.6) is 0 Å². The van der Waals surface area contributed by atoms with Gasteiger partial charge in [0.2, 0.25) is 5.79 Å². The first-order valence-corrected chi connectivity index (χ1v) is 7.04. The third kappa shape index (κ3) is 3.50. The molecule has 11 nitrogen and oxygen atoms in total. The largest absolute Gasteiger partial charge is 0.391 e. The van der Waals surface area contributed by atoms with Crippen LogP contribution >= 0.6 is 0 Å². The Hall–Kier alpha value is -0.440. The van der Waals surface area contributed by atoms with Crippen molar-refractivity contribution in [2.75, 3.05) is 19.8 Å². The average molecular weight is 342 g/mol. The molecule has 2 fully saturated rings. The van der Waals surface area contributed by atoms with Crippen LogP contribution in [0, 0.1) is 0 Å². The van der Waals surface area contributed by atoms with E-state index in [1.54, 1.807) is 0 Å². The molecule has 0 bridgehead atoms. The molecule has 0 saturated carbocycles. The Balaban J connectivity index is 2.03. The normalized spacial score (nSPS) is 51.7. The van der Waals surface area contributed by atoms with Gasteiger partial charge < -0.3 is 55.1 Å². The molecule has 2 aliphatic heterocycles. The van der Waals surface area contributed by atoms with Gasteiger partial charge in [-0.25, -0.2) is 0 Å². The molecule has 2 rings (SSSR count). The van der Waals surface area contributed by atoms with Gasteiger partial charge >= 0.3 is 0 Å². The van der Waals surface area contributed by atoms with Gasteiger partial charge in [0.05, 0.1) is 13.2 Å². The minimum atomic E-state index is -2.08. The highest BCUT2D eigenvalue weighted by Gasteiger charge is 2.52. The molecule has 0 spiro atoms. The molecule has 1 unspecified atom stereocenters. The molecule has 0 aromatic rings. The maximum Gasteiger partial charge on any atom is 0.221 e. The van der Waals surface area contributed by atoms with E-state index >= 15 is 0 Å². The number of hydrogen-bond acceptors (Lipinski definition) is 11. The minimum absolute atomic E-state index is 0.420. The molecular weight excluding hydrogens is 320 g/mol. The van der Waals surface area contributed by atoms with Crippen LogP contribution in [-0.2, 0) is 14.2 Å². The summed E-state index contributed by atoms with van der Waals surface area (Å²) in [5, 5.41) is 76.6. The van der Waals surface area contributed by atoms with Crippen LogP contribution in [0.15, 0.2) is 0 Å². The number of aliphatic hydroxyl groups is 8. The molecule has 11 heteroatoms. The van der Waals surface area contributed by atoms with Gasteiger partial charge in [-0.3, -0.25) is 0 Å². The fraction of sp³-hybridized carbons (Fsp3) is 1.00. The van der Waals surface area contributed by atoms with E-state index in [4.69, 9.17) is 14.2 Å². The maximum atomic E-state index is 9.94. The van der Waals surface area contributed by atoms with Crippen molar-refractivity contribution >= 4 is 0 Å². The molecule has 0 aliphatic carbocycles. The van der Waals surface area contributed by atoms with Gasteiger partial charge in [-0.15, -0.1) is 0 Å². The highest BCUT2D eigenvalue weighted by atomic mass is 16.7. The van der Waals surface area contributed by atoms with E-state index in [9.17, 15) is 40.9 Å². The van der Waals surface area contributed by atoms with Crippen LogP contribution < -0.4 is 0 Å². The Labute approximate surface area is 130 Å². The molecule has 23 heavy (non-hydrogen) atoms. The third-order valence-corrected chi connectivity index (χ3v) is 4.07. The maximum absolute atomic E-state index is 9.94. The Morgan fingerprint density at radius 1 is 0.913 bits per heavy atom. The second-order valence-electron chi connectivity index (χ2n) is 5.63. The first-order chi connectivity index (χ1) is 10.7. The van der Waals surface area contributed by atoms with Crippen LogP contribution in [-0.4, -0.2) is 115 Å². The quantitative estimate of drug-likeness (QED) is 0.243. The van der Waals surface area contributed by atoms with Crippen molar-refractivity contribution < 1.29 is 55.1 Å². The molecule has 136 valence electrons. The average Bonchev–Trinajstić information content (AvgIpc) is 2.55. The van der Waals surface area contributed by atoms with Crippen LogP contribution in [0.2, 0.25) is 0 Å². The Morgan fingerprint density at radius 2 is 1.57 bits per heavy atom. The van der Waals surface area contributed by atoms with Crippen molar-refractivity contribution in [3.8, 4) is 0 Å². The van der Waals surface area contributed by atoms with Crippen molar-refractivity contribution in [1.29, 1.82) is 0 Å². The number of hydrogen-bond donors (Lipinski definition) is 8. The van der Waals surface area contributed by atoms with Crippen molar-refractivity contribution in [1.82, 2.24) is 0 Å². The van der Waals surface area contributed by atoms with Crippen LogP contribution in [0.1, 0.15) is 0 Å². The fourth-order valence-corrected chi connectivity index (χ4v) is 2.48. The van der Waals surface area contributed by atoms with Crippen molar-refractivity contribution in [3.05, 3.63) is 0 Å². The molecule has 0 amide bonds. The Bertz CT molecular complexity index is 395. The zero-order valence-corrected chi connectivity index (χ0v) is 12.0. The van der Waals surface area contributed by atoms with E-state index in [2.05, 4.69) is 0 Å². The summed E-state index contributed by atoms with van der Waals surface area (Å²) in [7, 11) is 0. The zero-order chi connectivity index (χ0) is 17.4. The van der Waals surface area contributed by atoms with Crippen LogP contribution in [0.4, 0.5) is 0 Å².